The summed E-state index contributed by atoms with van der Waals surface area (Å²) in [6.45, 7) is 1.45. The second kappa shape index (κ2) is 5.30. The highest BCUT2D eigenvalue weighted by Crippen LogP contribution is 2.23. The smallest absolute Gasteiger partial charge is 0.261 e. The molecule has 0 saturated carbocycles. The average molecular weight is 315 g/mol. The minimum Gasteiger partial charge on any atom is -0.396 e. The molecular weight excluding hydrogens is 303 g/mol. The number of hydrogen-bond acceptors (Lipinski definition) is 3. The lowest BCUT2D eigenvalue weighted by atomic mass is 10.2. The standard InChI is InChI=1S/C13H12ClFN2O2S/c1-8-6-11(7-12(16)13(8)15)20(18,19)17-10-4-2-9(14)3-5-10/h2-7,17H,16H2,1H3. The summed E-state index contributed by atoms with van der Waals surface area (Å²) in [6, 6.07) is 8.48. The fourth-order valence-corrected chi connectivity index (χ4v) is 2.95. The van der Waals surface area contributed by atoms with Crippen LogP contribution in [-0.4, -0.2) is 8.42 Å². The zero-order valence-electron chi connectivity index (χ0n) is 10.5. The first-order chi connectivity index (χ1) is 9.29. The van der Waals surface area contributed by atoms with E-state index in [1.54, 1.807) is 12.1 Å². The van der Waals surface area contributed by atoms with Crippen LogP contribution in [0.4, 0.5) is 15.8 Å². The van der Waals surface area contributed by atoms with E-state index in [1.807, 2.05) is 0 Å². The number of halogens is 2. The van der Waals surface area contributed by atoms with Gasteiger partial charge in [-0.25, -0.2) is 12.8 Å². The zero-order valence-corrected chi connectivity index (χ0v) is 12.1. The van der Waals surface area contributed by atoms with Gasteiger partial charge in [-0.1, -0.05) is 11.6 Å². The lowest BCUT2D eigenvalue weighted by molar-refractivity contribution is 0.599. The van der Waals surface area contributed by atoms with Crippen molar-refractivity contribution in [2.24, 2.45) is 0 Å². The highest BCUT2D eigenvalue weighted by atomic mass is 35.5. The van der Waals surface area contributed by atoms with Gasteiger partial charge in [0.25, 0.3) is 10.0 Å². The normalized spacial score (nSPS) is 11.3. The van der Waals surface area contributed by atoms with Crippen LogP contribution in [0.2, 0.25) is 5.02 Å². The summed E-state index contributed by atoms with van der Waals surface area (Å²) in [4.78, 5) is -0.0937. The maximum atomic E-state index is 13.4. The van der Waals surface area contributed by atoms with Crippen LogP contribution in [0.5, 0.6) is 0 Å². The molecule has 2 aromatic rings. The number of rotatable bonds is 3. The van der Waals surface area contributed by atoms with Gasteiger partial charge in [0.1, 0.15) is 5.82 Å². The molecule has 0 aliphatic heterocycles. The van der Waals surface area contributed by atoms with Gasteiger partial charge >= 0.3 is 0 Å². The Balaban J connectivity index is 2.38. The third kappa shape index (κ3) is 3.02. The molecule has 0 aliphatic carbocycles. The van der Waals surface area contributed by atoms with Crippen molar-refractivity contribution in [1.29, 1.82) is 0 Å². The van der Waals surface area contributed by atoms with Crippen LogP contribution in [0.3, 0.4) is 0 Å². The maximum Gasteiger partial charge on any atom is 0.261 e. The van der Waals surface area contributed by atoms with Gasteiger partial charge in [0, 0.05) is 10.7 Å². The third-order valence-corrected chi connectivity index (χ3v) is 4.28. The molecule has 0 spiro atoms. The number of anilines is 2. The van der Waals surface area contributed by atoms with E-state index in [9.17, 15) is 12.8 Å². The molecule has 0 unspecified atom stereocenters. The highest BCUT2D eigenvalue weighted by molar-refractivity contribution is 7.92. The highest BCUT2D eigenvalue weighted by Gasteiger charge is 2.17. The van der Waals surface area contributed by atoms with Gasteiger partial charge in [-0.2, -0.15) is 0 Å². The topological polar surface area (TPSA) is 72.2 Å². The quantitative estimate of drug-likeness (QED) is 0.855. The number of nitrogens with two attached hydrogens (primary N) is 1. The minimum absolute atomic E-state index is 0.0937. The first kappa shape index (κ1) is 14.6. The minimum atomic E-state index is -3.83. The molecule has 2 rings (SSSR count). The van der Waals surface area contributed by atoms with E-state index in [-0.39, 0.29) is 16.1 Å². The average Bonchev–Trinajstić information content (AvgIpc) is 2.38. The van der Waals surface area contributed by atoms with E-state index >= 15 is 0 Å². The molecule has 0 fully saturated rings. The fourth-order valence-electron chi connectivity index (χ4n) is 1.65. The fraction of sp³-hybridized carbons (Fsp3) is 0.0769. The molecule has 0 atom stereocenters. The van der Waals surface area contributed by atoms with Gasteiger partial charge in [-0.3, -0.25) is 4.72 Å². The summed E-state index contributed by atoms with van der Waals surface area (Å²) in [5.41, 5.74) is 5.76. The Bertz CT molecular complexity index is 722. The Hall–Kier alpha value is -1.79. The van der Waals surface area contributed by atoms with Gasteiger partial charge in [-0.05, 0) is 48.9 Å². The Labute approximate surface area is 121 Å². The zero-order chi connectivity index (χ0) is 14.9. The van der Waals surface area contributed by atoms with Gasteiger partial charge in [0.05, 0.1) is 10.6 Å². The number of nitrogen functional groups attached to an aromatic ring is 1. The second-order valence-electron chi connectivity index (χ2n) is 4.26. The van der Waals surface area contributed by atoms with E-state index < -0.39 is 15.8 Å². The van der Waals surface area contributed by atoms with E-state index in [1.165, 1.54) is 25.1 Å². The van der Waals surface area contributed by atoms with Crippen molar-refractivity contribution in [3.8, 4) is 0 Å². The molecular formula is C13H12ClFN2O2S. The summed E-state index contributed by atoms with van der Waals surface area (Å²) in [5.74, 6) is -0.615. The molecule has 0 saturated heterocycles. The number of nitrogens with one attached hydrogen (secondary N) is 1. The molecule has 2 aromatic carbocycles. The van der Waals surface area contributed by atoms with E-state index in [2.05, 4.69) is 4.72 Å². The maximum absolute atomic E-state index is 13.4. The van der Waals surface area contributed by atoms with Crippen LogP contribution in [-0.2, 0) is 10.0 Å². The summed E-state index contributed by atoms with van der Waals surface area (Å²) >= 11 is 5.72. The summed E-state index contributed by atoms with van der Waals surface area (Å²) in [5, 5.41) is 0.495. The molecule has 0 bridgehead atoms. The molecule has 20 heavy (non-hydrogen) atoms. The van der Waals surface area contributed by atoms with Gasteiger partial charge in [0.2, 0.25) is 0 Å². The van der Waals surface area contributed by atoms with Gasteiger partial charge < -0.3 is 5.73 Å². The SMILES string of the molecule is Cc1cc(S(=O)(=O)Nc2ccc(Cl)cc2)cc(N)c1F. The number of aryl methyl sites for hydroxylation is 1. The van der Waals surface area contributed by atoms with Crippen LogP contribution < -0.4 is 10.5 Å². The molecule has 0 aromatic heterocycles. The lowest BCUT2D eigenvalue weighted by Crippen LogP contribution is -2.14. The van der Waals surface area contributed by atoms with Crippen molar-refractivity contribution in [2.75, 3.05) is 10.5 Å². The predicted octanol–water partition coefficient (Wildman–Crippen LogP) is 3.17. The molecule has 3 N–H and O–H groups in total. The Morgan fingerprint density at radius 3 is 2.35 bits per heavy atom. The largest absolute Gasteiger partial charge is 0.396 e. The molecule has 0 heterocycles. The van der Waals surface area contributed by atoms with E-state index in [0.29, 0.717) is 10.7 Å². The van der Waals surface area contributed by atoms with E-state index in [4.69, 9.17) is 17.3 Å². The second-order valence-corrected chi connectivity index (χ2v) is 6.37. The molecule has 0 aliphatic rings. The van der Waals surface area contributed by atoms with Crippen LogP contribution in [0.1, 0.15) is 5.56 Å². The number of sulfonamides is 1. The third-order valence-electron chi connectivity index (χ3n) is 2.66. The van der Waals surface area contributed by atoms with E-state index in [0.717, 1.165) is 6.07 Å². The Morgan fingerprint density at radius 1 is 1.20 bits per heavy atom. The Kier molecular flexibility index (Phi) is 3.87. The molecule has 4 nitrogen and oxygen atoms in total. The number of hydrogen-bond donors (Lipinski definition) is 2. The molecule has 106 valence electrons. The summed E-state index contributed by atoms with van der Waals surface area (Å²) in [7, 11) is -3.83. The van der Waals surface area contributed by atoms with Crippen LogP contribution in [0, 0.1) is 12.7 Å². The first-order valence-electron chi connectivity index (χ1n) is 5.63. The lowest BCUT2D eigenvalue weighted by Gasteiger charge is -2.10. The van der Waals surface area contributed by atoms with Crippen molar-refractivity contribution in [3.05, 3.63) is 52.8 Å². The van der Waals surface area contributed by atoms with Crippen LogP contribution in [0.15, 0.2) is 41.3 Å². The predicted molar refractivity (Wildman–Crippen MR) is 77.8 cm³/mol. The van der Waals surface area contributed by atoms with Crippen molar-refractivity contribution in [3.63, 3.8) is 0 Å². The monoisotopic (exact) mass is 314 g/mol. The number of benzene rings is 2. The first-order valence-corrected chi connectivity index (χ1v) is 7.50. The summed E-state index contributed by atoms with van der Waals surface area (Å²) in [6.07, 6.45) is 0. The van der Waals surface area contributed by atoms with Crippen molar-refractivity contribution in [2.45, 2.75) is 11.8 Å². The van der Waals surface area contributed by atoms with Crippen molar-refractivity contribution < 1.29 is 12.8 Å². The van der Waals surface area contributed by atoms with Gasteiger partial charge in [0.15, 0.2) is 0 Å². The van der Waals surface area contributed by atoms with Crippen molar-refractivity contribution >= 4 is 33.0 Å². The van der Waals surface area contributed by atoms with Crippen LogP contribution in [0.25, 0.3) is 0 Å². The van der Waals surface area contributed by atoms with Gasteiger partial charge in [-0.15, -0.1) is 0 Å². The molecule has 7 heteroatoms. The molecule has 0 amide bonds. The Morgan fingerprint density at radius 2 is 1.80 bits per heavy atom. The summed E-state index contributed by atoms with van der Waals surface area (Å²) < 4.78 is 40.1. The molecule has 0 radical (unpaired) electrons. The van der Waals surface area contributed by atoms with Crippen molar-refractivity contribution in [1.82, 2.24) is 0 Å². The van der Waals surface area contributed by atoms with Crippen LogP contribution >= 0.6 is 11.6 Å².